The van der Waals surface area contributed by atoms with Crippen LogP contribution in [0.1, 0.15) is 36.2 Å². The van der Waals surface area contributed by atoms with Crippen molar-refractivity contribution in [2.24, 2.45) is 5.92 Å². The zero-order chi connectivity index (χ0) is 19.7. The van der Waals surface area contributed by atoms with Crippen molar-refractivity contribution in [1.29, 1.82) is 0 Å². The number of hydrogen-bond acceptors (Lipinski definition) is 4. The summed E-state index contributed by atoms with van der Waals surface area (Å²) < 4.78 is 43.4. The van der Waals surface area contributed by atoms with E-state index in [-0.39, 0.29) is 18.2 Å². The van der Waals surface area contributed by atoms with E-state index in [0.717, 1.165) is 24.6 Å². The molecule has 0 spiro atoms. The first-order valence-corrected chi connectivity index (χ1v) is 9.14. The Hall–Kier alpha value is -2.84. The van der Waals surface area contributed by atoms with Crippen LogP contribution in [0.25, 0.3) is 22.3 Å². The van der Waals surface area contributed by atoms with E-state index in [0.29, 0.717) is 23.4 Å². The summed E-state index contributed by atoms with van der Waals surface area (Å²) in [4.78, 5) is 25.4. The number of hydrogen-bond donors (Lipinski definition) is 1. The summed E-state index contributed by atoms with van der Waals surface area (Å²) in [7, 11) is 0. The number of furan rings is 1. The molecule has 1 aliphatic rings. The Balaban J connectivity index is 1.56. The summed E-state index contributed by atoms with van der Waals surface area (Å²) >= 11 is 0. The molecule has 0 aliphatic heterocycles. The minimum Gasteiger partial charge on any atom is -0.458 e. The maximum Gasteiger partial charge on any atom is 0.390 e. The van der Waals surface area contributed by atoms with E-state index in [2.05, 4.69) is 15.0 Å². The fraction of sp³-hybridized carbons (Fsp3) is 0.421. The maximum absolute atomic E-state index is 12.8. The number of H-pyrrole nitrogens is 1. The molecule has 1 amide bonds. The molecular formula is C19H19F3N4O2. The third-order valence-electron chi connectivity index (χ3n) is 5.09. The van der Waals surface area contributed by atoms with Crippen molar-refractivity contribution in [3.63, 3.8) is 0 Å². The predicted octanol–water partition coefficient (Wildman–Crippen LogP) is 4.41. The molecule has 0 radical (unpaired) electrons. The molecule has 3 aromatic heterocycles. The maximum atomic E-state index is 12.8. The quantitative estimate of drug-likeness (QED) is 0.674. The number of aromatic nitrogens is 3. The second kappa shape index (κ2) is 7.29. The van der Waals surface area contributed by atoms with Gasteiger partial charge in [0, 0.05) is 30.2 Å². The third-order valence-corrected chi connectivity index (χ3v) is 5.09. The molecule has 3 aromatic rings. The topological polar surface area (TPSA) is 75.0 Å². The Morgan fingerprint density at radius 2 is 2.14 bits per heavy atom. The lowest BCUT2D eigenvalue weighted by atomic mass is 9.85. The van der Waals surface area contributed by atoms with Crippen molar-refractivity contribution < 1.29 is 22.4 Å². The standard InChI is InChI=1S/C19H19F3N4O2/c20-19(21,22)5-7-26(9-12-2-1-3-12)18(27)15-8-13(10-28-15)16-14-4-6-23-17(14)25-11-24-16/h4,6,8,10-12H,1-3,5,7,9H2,(H,23,24,25). The monoisotopic (exact) mass is 392 g/mol. The molecule has 0 saturated heterocycles. The van der Waals surface area contributed by atoms with E-state index in [9.17, 15) is 18.0 Å². The first kappa shape index (κ1) is 18.5. The van der Waals surface area contributed by atoms with E-state index >= 15 is 0 Å². The van der Waals surface area contributed by atoms with Crippen molar-refractivity contribution in [3.05, 3.63) is 36.7 Å². The molecule has 9 heteroatoms. The highest BCUT2D eigenvalue weighted by atomic mass is 19.4. The minimum atomic E-state index is -4.31. The van der Waals surface area contributed by atoms with Crippen LogP contribution in [-0.4, -0.2) is 45.0 Å². The molecule has 0 aromatic carbocycles. The number of rotatable bonds is 6. The Morgan fingerprint density at radius 3 is 2.86 bits per heavy atom. The van der Waals surface area contributed by atoms with Gasteiger partial charge in [-0.25, -0.2) is 9.97 Å². The lowest BCUT2D eigenvalue weighted by molar-refractivity contribution is -0.137. The summed E-state index contributed by atoms with van der Waals surface area (Å²) in [5.74, 6) is -0.256. The number of carbonyl (C=O) groups is 1. The first-order valence-electron chi connectivity index (χ1n) is 9.14. The van der Waals surface area contributed by atoms with E-state index in [1.54, 1.807) is 6.20 Å². The molecule has 0 bridgehead atoms. The highest BCUT2D eigenvalue weighted by Crippen LogP contribution is 2.30. The molecule has 28 heavy (non-hydrogen) atoms. The van der Waals surface area contributed by atoms with Crippen LogP contribution in [0, 0.1) is 5.92 Å². The van der Waals surface area contributed by atoms with Crippen LogP contribution in [0.5, 0.6) is 0 Å². The van der Waals surface area contributed by atoms with Crippen LogP contribution in [0.4, 0.5) is 13.2 Å². The van der Waals surface area contributed by atoms with Crippen LogP contribution in [0.15, 0.2) is 35.3 Å². The Labute approximate surface area is 158 Å². The number of amides is 1. The van der Waals surface area contributed by atoms with Crippen molar-refractivity contribution in [2.75, 3.05) is 13.1 Å². The van der Waals surface area contributed by atoms with E-state index in [4.69, 9.17) is 4.42 Å². The molecule has 148 valence electrons. The number of aromatic amines is 1. The SMILES string of the molecule is O=C(c1cc(-c2ncnc3[nH]ccc23)co1)N(CCC(F)(F)F)CC1CCC1. The molecule has 1 saturated carbocycles. The van der Waals surface area contributed by atoms with E-state index in [1.165, 1.54) is 23.6 Å². The first-order chi connectivity index (χ1) is 13.4. The molecule has 6 nitrogen and oxygen atoms in total. The van der Waals surface area contributed by atoms with Crippen molar-refractivity contribution in [3.8, 4) is 11.3 Å². The second-order valence-electron chi connectivity index (χ2n) is 7.08. The number of carbonyl (C=O) groups excluding carboxylic acids is 1. The number of nitrogens with one attached hydrogen (secondary N) is 1. The average molecular weight is 392 g/mol. The highest BCUT2D eigenvalue weighted by molar-refractivity contribution is 5.95. The van der Waals surface area contributed by atoms with Crippen LogP contribution in [0.3, 0.4) is 0 Å². The minimum absolute atomic E-state index is 0.0128. The summed E-state index contributed by atoms with van der Waals surface area (Å²) in [6.07, 6.45) is 2.10. The zero-order valence-electron chi connectivity index (χ0n) is 15.0. The molecule has 4 rings (SSSR count). The smallest absolute Gasteiger partial charge is 0.390 e. The largest absolute Gasteiger partial charge is 0.458 e. The lowest BCUT2D eigenvalue weighted by Crippen LogP contribution is -2.39. The molecule has 0 unspecified atom stereocenters. The second-order valence-corrected chi connectivity index (χ2v) is 7.08. The fourth-order valence-electron chi connectivity index (χ4n) is 3.36. The fourth-order valence-corrected chi connectivity index (χ4v) is 3.36. The third kappa shape index (κ3) is 3.88. The number of nitrogens with zero attached hydrogens (tertiary/aromatic N) is 3. The summed E-state index contributed by atoms with van der Waals surface area (Å²) in [6, 6.07) is 3.34. The van der Waals surface area contributed by atoms with Gasteiger partial charge in [0.05, 0.1) is 12.1 Å². The van der Waals surface area contributed by atoms with Crippen LogP contribution < -0.4 is 0 Å². The van der Waals surface area contributed by atoms with Gasteiger partial charge in [-0.1, -0.05) is 6.42 Å². The molecule has 1 aliphatic carbocycles. The van der Waals surface area contributed by atoms with Gasteiger partial charge < -0.3 is 14.3 Å². The molecular weight excluding hydrogens is 373 g/mol. The van der Waals surface area contributed by atoms with Gasteiger partial charge in [0.15, 0.2) is 5.76 Å². The van der Waals surface area contributed by atoms with Crippen LogP contribution in [-0.2, 0) is 0 Å². The Kier molecular flexibility index (Phi) is 4.82. The number of fused-ring (bicyclic) bond motifs is 1. The van der Waals surface area contributed by atoms with Crippen molar-refractivity contribution in [1.82, 2.24) is 19.9 Å². The van der Waals surface area contributed by atoms with Gasteiger partial charge in [-0.3, -0.25) is 4.79 Å². The molecule has 0 atom stereocenters. The number of alkyl halides is 3. The normalized spacial score (nSPS) is 15.0. The van der Waals surface area contributed by atoms with Gasteiger partial charge in [0.1, 0.15) is 18.2 Å². The van der Waals surface area contributed by atoms with E-state index < -0.39 is 18.5 Å². The zero-order valence-corrected chi connectivity index (χ0v) is 15.0. The van der Waals surface area contributed by atoms with Crippen LogP contribution in [0.2, 0.25) is 0 Å². The average Bonchev–Trinajstić information content (AvgIpc) is 3.28. The molecule has 1 fully saturated rings. The highest BCUT2D eigenvalue weighted by Gasteiger charge is 2.32. The van der Waals surface area contributed by atoms with Gasteiger partial charge in [0.25, 0.3) is 5.91 Å². The lowest BCUT2D eigenvalue weighted by Gasteiger charge is -2.32. The summed E-state index contributed by atoms with van der Waals surface area (Å²) in [5.41, 5.74) is 1.82. The van der Waals surface area contributed by atoms with Gasteiger partial charge in [-0.05, 0) is 30.9 Å². The predicted molar refractivity (Wildman–Crippen MR) is 95.5 cm³/mol. The number of halogens is 3. The van der Waals surface area contributed by atoms with Gasteiger partial charge in [-0.2, -0.15) is 13.2 Å². The van der Waals surface area contributed by atoms with Gasteiger partial charge in [-0.15, -0.1) is 0 Å². The summed E-state index contributed by atoms with van der Waals surface area (Å²) in [5, 5.41) is 0.769. The Bertz CT molecular complexity index is 975. The van der Waals surface area contributed by atoms with E-state index in [1.807, 2.05) is 6.07 Å². The van der Waals surface area contributed by atoms with Crippen molar-refractivity contribution in [2.45, 2.75) is 31.9 Å². The van der Waals surface area contributed by atoms with Crippen LogP contribution >= 0.6 is 0 Å². The molecule has 3 heterocycles. The van der Waals surface area contributed by atoms with Gasteiger partial charge in [0.2, 0.25) is 0 Å². The molecule has 1 N–H and O–H groups in total. The van der Waals surface area contributed by atoms with Crippen molar-refractivity contribution >= 4 is 16.9 Å². The summed E-state index contributed by atoms with van der Waals surface area (Å²) in [6.45, 7) is -0.0507. The van der Waals surface area contributed by atoms with Gasteiger partial charge >= 0.3 is 6.18 Å². The Morgan fingerprint density at radius 1 is 1.32 bits per heavy atom.